The minimum absolute atomic E-state index is 0.000373. The van der Waals surface area contributed by atoms with Gasteiger partial charge in [-0.3, -0.25) is 4.79 Å². The molecule has 0 fully saturated rings. The van der Waals surface area contributed by atoms with E-state index >= 15 is 0 Å². The molecule has 4 aromatic rings. The monoisotopic (exact) mass is 278 g/mol. The Morgan fingerprint density at radius 3 is 2.65 bits per heavy atom. The van der Waals surface area contributed by atoms with Crippen molar-refractivity contribution in [2.24, 2.45) is 0 Å². The topological polar surface area (TPSA) is 30.2 Å². The van der Waals surface area contributed by atoms with Crippen molar-refractivity contribution >= 4 is 33.1 Å². The van der Waals surface area contributed by atoms with Crippen molar-refractivity contribution in [3.63, 3.8) is 0 Å². The number of rotatable bonds is 1. The molecule has 0 amide bonds. The normalized spacial score (nSPS) is 11.2. The van der Waals surface area contributed by atoms with Crippen molar-refractivity contribution in [1.82, 2.24) is 0 Å². The second-order valence-corrected chi connectivity index (χ2v) is 5.56. The van der Waals surface area contributed by atoms with E-state index in [1.54, 1.807) is 17.4 Å². The summed E-state index contributed by atoms with van der Waals surface area (Å²) in [5.41, 5.74) is 0.666. The Kier molecular flexibility index (Phi) is 2.47. The van der Waals surface area contributed by atoms with Gasteiger partial charge in [-0.05, 0) is 22.9 Å². The Labute approximate surface area is 118 Å². The van der Waals surface area contributed by atoms with Crippen LogP contribution in [0.25, 0.3) is 32.4 Å². The van der Waals surface area contributed by atoms with Crippen LogP contribution in [0.1, 0.15) is 0 Å². The van der Waals surface area contributed by atoms with E-state index in [1.165, 1.54) is 0 Å². The molecule has 0 bridgehead atoms. The maximum atomic E-state index is 12.3. The summed E-state index contributed by atoms with van der Waals surface area (Å²) in [4.78, 5) is 13.3. The van der Waals surface area contributed by atoms with Crippen LogP contribution in [0.4, 0.5) is 0 Å². The number of hydrogen-bond donors (Lipinski definition) is 0. The van der Waals surface area contributed by atoms with Crippen molar-refractivity contribution in [3.8, 4) is 10.6 Å². The van der Waals surface area contributed by atoms with Crippen LogP contribution in [0.5, 0.6) is 0 Å². The Balaban J connectivity index is 2.17. The maximum Gasteiger partial charge on any atom is 0.193 e. The molecule has 0 saturated carbocycles. The SMILES string of the molecule is O=c1cc(-c2cccs2)oc2c1ccc1ccccc12. The van der Waals surface area contributed by atoms with Crippen molar-refractivity contribution in [2.45, 2.75) is 0 Å². The molecule has 0 aliphatic carbocycles. The summed E-state index contributed by atoms with van der Waals surface area (Å²) in [6.45, 7) is 0. The molecule has 0 N–H and O–H groups in total. The van der Waals surface area contributed by atoms with Gasteiger partial charge in [-0.25, -0.2) is 0 Å². The van der Waals surface area contributed by atoms with Crippen LogP contribution in [0.3, 0.4) is 0 Å². The lowest BCUT2D eigenvalue weighted by Crippen LogP contribution is -2.00. The van der Waals surface area contributed by atoms with Gasteiger partial charge in [-0.1, -0.05) is 36.4 Å². The number of hydrogen-bond acceptors (Lipinski definition) is 3. The number of benzene rings is 2. The van der Waals surface area contributed by atoms with E-state index in [4.69, 9.17) is 4.42 Å². The molecule has 2 aromatic carbocycles. The Morgan fingerprint density at radius 2 is 1.80 bits per heavy atom. The molecular weight excluding hydrogens is 268 g/mol. The van der Waals surface area contributed by atoms with Gasteiger partial charge in [-0.15, -0.1) is 11.3 Å². The predicted octanol–water partition coefficient (Wildman–Crippen LogP) is 4.67. The van der Waals surface area contributed by atoms with E-state index in [0.29, 0.717) is 16.7 Å². The van der Waals surface area contributed by atoms with E-state index in [2.05, 4.69) is 0 Å². The Bertz CT molecular complexity index is 965. The summed E-state index contributed by atoms with van der Waals surface area (Å²) in [7, 11) is 0. The lowest BCUT2D eigenvalue weighted by atomic mass is 10.1. The third-order valence-corrected chi connectivity index (χ3v) is 4.27. The van der Waals surface area contributed by atoms with Crippen LogP contribution in [0.15, 0.2) is 69.2 Å². The molecule has 0 aliphatic heterocycles. The van der Waals surface area contributed by atoms with Crippen molar-refractivity contribution in [2.75, 3.05) is 0 Å². The van der Waals surface area contributed by atoms with Crippen molar-refractivity contribution in [3.05, 3.63) is 70.2 Å². The summed E-state index contributed by atoms with van der Waals surface area (Å²) in [6, 6.07) is 17.2. The third kappa shape index (κ3) is 1.67. The number of fused-ring (bicyclic) bond motifs is 3. The van der Waals surface area contributed by atoms with Gasteiger partial charge >= 0.3 is 0 Å². The summed E-state index contributed by atoms with van der Waals surface area (Å²) in [5, 5.41) is 4.65. The zero-order valence-corrected chi connectivity index (χ0v) is 11.3. The highest BCUT2D eigenvalue weighted by molar-refractivity contribution is 7.13. The lowest BCUT2D eigenvalue weighted by molar-refractivity contribution is 0.624. The van der Waals surface area contributed by atoms with Crippen LogP contribution in [0.2, 0.25) is 0 Å². The molecule has 3 heteroatoms. The van der Waals surface area contributed by atoms with E-state index in [-0.39, 0.29) is 5.43 Å². The molecule has 0 spiro atoms. The van der Waals surface area contributed by atoms with Gasteiger partial charge in [0.2, 0.25) is 0 Å². The van der Waals surface area contributed by atoms with Crippen LogP contribution < -0.4 is 5.43 Å². The zero-order chi connectivity index (χ0) is 13.5. The largest absolute Gasteiger partial charge is 0.454 e. The minimum atomic E-state index is 0.000373. The van der Waals surface area contributed by atoms with Crippen LogP contribution >= 0.6 is 11.3 Å². The van der Waals surface area contributed by atoms with Gasteiger partial charge in [0.1, 0.15) is 11.3 Å². The second-order valence-electron chi connectivity index (χ2n) is 4.62. The average Bonchev–Trinajstić information content (AvgIpc) is 3.01. The van der Waals surface area contributed by atoms with Crippen molar-refractivity contribution in [1.29, 1.82) is 0 Å². The first-order valence-electron chi connectivity index (χ1n) is 6.32. The van der Waals surface area contributed by atoms with Gasteiger partial charge in [0.15, 0.2) is 5.43 Å². The fraction of sp³-hybridized carbons (Fsp3) is 0. The molecule has 2 aromatic heterocycles. The second kappa shape index (κ2) is 4.32. The first-order chi connectivity index (χ1) is 9.83. The number of thiophene rings is 1. The van der Waals surface area contributed by atoms with E-state index in [0.717, 1.165) is 15.6 Å². The standard InChI is InChI=1S/C17H10O2S/c18-14-10-15(16-6-3-9-20-16)19-17-12-5-2-1-4-11(12)7-8-13(14)17/h1-10H. The van der Waals surface area contributed by atoms with Crippen LogP contribution in [-0.2, 0) is 0 Å². The van der Waals surface area contributed by atoms with Gasteiger partial charge in [0.25, 0.3) is 0 Å². The highest BCUT2D eigenvalue weighted by atomic mass is 32.1. The molecule has 0 aliphatic rings. The minimum Gasteiger partial charge on any atom is -0.454 e. The molecule has 4 rings (SSSR count). The first kappa shape index (κ1) is 11.4. The lowest BCUT2D eigenvalue weighted by Gasteiger charge is -2.04. The molecule has 96 valence electrons. The van der Waals surface area contributed by atoms with Gasteiger partial charge in [0, 0.05) is 11.5 Å². The predicted molar refractivity (Wildman–Crippen MR) is 83.3 cm³/mol. The highest BCUT2D eigenvalue weighted by Crippen LogP contribution is 2.29. The summed E-state index contributed by atoms with van der Waals surface area (Å²) in [5.74, 6) is 0.633. The van der Waals surface area contributed by atoms with Gasteiger partial charge in [0.05, 0.1) is 10.3 Å². The summed E-state index contributed by atoms with van der Waals surface area (Å²) in [6.07, 6.45) is 0. The fourth-order valence-electron chi connectivity index (χ4n) is 2.42. The first-order valence-corrected chi connectivity index (χ1v) is 7.20. The summed E-state index contributed by atoms with van der Waals surface area (Å²) >= 11 is 1.57. The van der Waals surface area contributed by atoms with E-state index in [9.17, 15) is 4.79 Å². The Morgan fingerprint density at radius 1 is 0.900 bits per heavy atom. The fourth-order valence-corrected chi connectivity index (χ4v) is 3.10. The molecule has 0 unspecified atom stereocenters. The smallest absolute Gasteiger partial charge is 0.193 e. The van der Waals surface area contributed by atoms with Gasteiger partial charge < -0.3 is 4.42 Å². The molecule has 0 saturated heterocycles. The third-order valence-electron chi connectivity index (χ3n) is 3.38. The van der Waals surface area contributed by atoms with Crippen molar-refractivity contribution < 1.29 is 4.42 Å². The van der Waals surface area contributed by atoms with E-state index in [1.807, 2.05) is 53.9 Å². The molecule has 2 heterocycles. The molecule has 0 atom stereocenters. The van der Waals surface area contributed by atoms with Gasteiger partial charge in [-0.2, -0.15) is 0 Å². The maximum absolute atomic E-state index is 12.3. The average molecular weight is 278 g/mol. The Hall–Kier alpha value is -2.39. The van der Waals surface area contributed by atoms with Crippen LogP contribution in [-0.4, -0.2) is 0 Å². The highest BCUT2D eigenvalue weighted by Gasteiger charge is 2.10. The van der Waals surface area contributed by atoms with Crippen LogP contribution in [0, 0.1) is 0 Å². The van der Waals surface area contributed by atoms with E-state index < -0.39 is 0 Å². The quantitative estimate of drug-likeness (QED) is 0.473. The zero-order valence-electron chi connectivity index (χ0n) is 10.5. The molecular formula is C17H10O2S. The molecule has 2 nitrogen and oxygen atoms in total. The molecule has 20 heavy (non-hydrogen) atoms. The summed E-state index contributed by atoms with van der Waals surface area (Å²) < 4.78 is 6.01. The molecule has 0 radical (unpaired) electrons.